The number of furan rings is 1. The molecule has 4 amide bonds. The van der Waals surface area contributed by atoms with E-state index in [1.54, 1.807) is 28.2 Å². The van der Waals surface area contributed by atoms with Crippen molar-refractivity contribution in [2.45, 2.75) is 51.5 Å². The highest BCUT2D eigenvalue weighted by molar-refractivity contribution is 7.14. The summed E-state index contributed by atoms with van der Waals surface area (Å²) in [5, 5.41) is 8.11. The lowest BCUT2D eigenvalue weighted by molar-refractivity contribution is -0.131. The summed E-state index contributed by atoms with van der Waals surface area (Å²) in [5.74, 6) is 0.235. The Hall–Kier alpha value is -2.88. The maximum absolute atomic E-state index is 12.7. The van der Waals surface area contributed by atoms with E-state index in [0.717, 1.165) is 12.8 Å². The zero-order valence-electron chi connectivity index (χ0n) is 18.3. The van der Waals surface area contributed by atoms with E-state index in [9.17, 15) is 14.4 Å². The van der Waals surface area contributed by atoms with Crippen LogP contribution in [-0.2, 0) is 11.2 Å². The van der Waals surface area contributed by atoms with Gasteiger partial charge in [0.25, 0.3) is 5.91 Å². The normalized spacial score (nSPS) is 17.3. The Kier molecular flexibility index (Phi) is 7.09. The second-order valence-electron chi connectivity index (χ2n) is 8.32. The molecule has 1 saturated heterocycles. The third-order valence-corrected chi connectivity index (χ3v) is 6.87. The van der Waals surface area contributed by atoms with E-state index in [2.05, 4.69) is 15.6 Å². The van der Waals surface area contributed by atoms with Crippen molar-refractivity contribution >= 4 is 34.3 Å². The molecule has 3 heterocycles. The fourth-order valence-electron chi connectivity index (χ4n) is 4.17. The molecule has 2 fully saturated rings. The number of thiazole rings is 1. The number of aromatic nitrogens is 1. The number of carbonyl (C=O) groups is 3. The molecule has 2 aliphatic rings. The molecule has 2 aromatic rings. The summed E-state index contributed by atoms with van der Waals surface area (Å²) < 4.78 is 5.15. The average molecular weight is 460 g/mol. The minimum absolute atomic E-state index is 0.0169. The van der Waals surface area contributed by atoms with Crippen molar-refractivity contribution in [2.24, 2.45) is 0 Å². The number of amides is 4. The van der Waals surface area contributed by atoms with Gasteiger partial charge in [-0.1, -0.05) is 19.3 Å². The average Bonchev–Trinajstić information content (AvgIpc) is 3.43. The summed E-state index contributed by atoms with van der Waals surface area (Å²) in [4.78, 5) is 45.4. The molecule has 4 rings (SSSR count). The monoisotopic (exact) mass is 459 g/mol. The minimum Gasteiger partial charge on any atom is -0.469 e. The van der Waals surface area contributed by atoms with Crippen LogP contribution in [0.25, 0.3) is 0 Å². The fraction of sp³-hybridized carbons (Fsp3) is 0.545. The van der Waals surface area contributed by atoms with Gasteiger partial charge in [-0.15, -0.1) is 11.3 Å². The molecule has 32 heavy (non-hydrogen) atoms. The quantitative estimate of drug-likeness (QED) is 0.715. The van der Waals surface area contributed by atoms with Gasteiger partial charge in [0.2, 0.25) is 5.91 Å². The Morgan fingerprint density at radius 3 is 2.53 bits per heavy atom. The number of nitrogens with one attached hydrogen (secondary N) is 2. The van der Waals surface area contributed by atoms with Gasteiger partial charge < -0.3 is 19.5 Å². The van der Waals surface area contributed by atoms with Crippen LogP contribution in [0.4, 0.5) is 9.93 Å². The minimum atomic E-state index is -0.286. The van der Waals surface area contributed by atoms with Crippen molar-refractivity contribution in [3.05, 3.63) is 34.7 Å². The summed E-state index contributed by atoms with van der Waals surface area (Å²) in [6.45, 7) is 3.83. The molecular formula is C22H29N5O4S. The van der Waals surface area contributed by atoms with Crippen LogP contribution in [0.15, 0.2) is 22.1 Å². The van der Waals surface area contributed by atoms with E-state index in [-0.39, 0.29) is 30.3 Å². The molecule has 0 radical (unpaired) electrons. The number of hydrogen-bond acceptors (Lipinski definition) is 6. The predicted octanol–water partition coefficient (Wildman–Crippen LogP) is 3.03. The van der Waals surface area contributed by atoms with Crippen LogP contribution in [0.5, 0.6) is 0 Å². The van der Waals surface area contributed by atoms with Crippen LogP contribution in [-0.4, -0.2) is 64.9 Å². The summed E-state index contributed by atoms with van der Waals surface area (Å²) >= 11 is 1.28. The number of urea groups is 1. The smallest absolute Gasteiger partial charge is 0.317 e. The molecule has 0 bridgehead atoms. The van der Waals surface area contributed by atoms with Gasteiger partial charge in [0.1, 0.15) is 5.76 Å². The molecule has 2 aromatic heterocycles. The summed E-state index contributed by atoms with van der Waals surface area (Å²) in [6, 6.07) is 1.88. The van der Waals surface area contributed by atoms with Crippen molar-refractivity contribution in [1.82, 2.24) is 20.1 Å². The second kappa shape index (κ2) is 10.2. The van der Waals surface area contributed by atoms with Gasteiger partial charge in [0.05, 0.1) is 23.9 Å². The number of hydrogen-bond donors (Lipinski definition) is 2. The van der Waals surface area contributed by atoms with E-state index >= 15 is 0 Å². The third kappa shape index (κ3) is 5.48. The van der Waals surface area contributed by atoms with E-state index in [1.807, 2.05) is 0 Å². The Labute approximate surface area is 191 Å². The molecule has 1 saturated carbocycles. The molecule has 10 heteroatoms. The van der Waals surface area contributed by atoms with Crippen LogP contribution in [0.1, 0.15) is 53.9 Å². The third-order valence-electron chi connectivity index (χ3n) is 6.06. The summed E-state index contributed by atoms with van der Waals surface area (Å²) in [6.07, 6.45) is 7.37. The SMILES string of the molecule is Cc1occc1C(=O)Nc1nc(CC(=O)N2CCN(C(=O)NC3CCCCC3)CC2)cs1. The lowest BCUT2D eigenvalue weighted by Gasteiger charge is -2.36. The first-order valence-corrected chi connectivity index (χ1v) is 12.0. The van der Waals surface area contributed by atoms with E-state index in [4.69, 9.17) is 4.42 Å². The Morgan fingerprint density at radius 1 is 1.12 bits per heavy atom. The second-order valence-corrected chi connectivity index (χ2v) is 9.18. The molecular weight excluding hydrogens is 430 g/mol. The largest absolute Gasteiger partial charge is 0.469 e. The van der Waals surface area contributed by atoms with Crippen LogP contribution in [0.2, 0.25) is 0 Å². The standard InChI is InChI=1S/C22H29N5O4S/c1-15-18(7-12-31-15)20(29)25-21-23-17(14-32-21)13-19(28)26-8-10-27(11-9-26)22(30)24-16-5-3-2-4-6-16/h7,12,14,16H,2-6,8-11,13H2,1H3,(H,24,30)(H,23,25,29). The maximum Gasteiger partial charge on any atom is 0.317 e. The molecule has 0 unspecified atom stereocenters. The number of rotatable bonds is 5. The van der Waals surface area contributed by atoms with Crippen molar-refractivity contribution in [3.8, 4) is 0 Å². The van der Waals surface area contributed by atoms with Gasteiger partial charge in [0.15, 0.2) is 5.13 Å². The first-order chi connectivity index (χ1) is 15.5. The zero-order chi connectivity index (χ0) is 22.5. The van der Waals surface area contributed by atoms with Crippen molar-refractivity contribution in [2.75, 3.05) is 31.5 Å². The van der Waals surface area contributed by atoms with Crippen molar-refractivity contribution < 1.29 is 18.8 Å². The van der Waals surface area contributed by atoms with Crippen LogP contribution in [0, 0.1) is 6.92 Å². The van der Waals surface area contributed by atoms with Gasteiger partial charge in [-0.05, 0) is 25.8 Å². The number of carbonyl (C=O) groups excluding carboxylic acids is 3. The highest BCUT2D eigenvalue weighted by Gasteiger charge is 2.26. The zero-order valence-corrected chi connectivity index (χ0v) is 19.1. The first kappa shape index (κ1) is 22.3. The molecule has 9 nitrogen and oxygen atoms in total. The maximum atomic E-state index is 12.7. The lowest BCUT2D eigenvalue weighted by atomic mass is 9.96. The van der Waals surface area contributed by atoms with Crippen LogP contribution in [0.3, 0.4) is 0 Å². The first-order valence-electron chi connectivity index (χ1n) is 11.1. The van der Waals surface area contributed by atoms with Gasteiger partial charge in [-0.2, -0.15) is 0 Å². The van der Waals surface area contributed by atoms with Gasteiger partial charge in [0, 0.05) is 37.6 Å². The molecule has 2 N–H and O–H groups in total. The summed E-state index contributed by atoms with van der Waals surface area (Å²) in [5.41, 5.74) is 1.08. The predicted molar refractivity (Wildman–Crippen MR) is 121 cm³/mol. The van der Waals surface area contributed by atoms with E-state index in [1.165, 1.54) is 36.9 Å². The molecule has 172 valence electrons. The fourth-order valence-corrected chi connectivity index (χ4v) is 4.87. The Bertz CT molecular complexity index is 957. The van der Waals surface area contributed by atoms with Crippen molar-refractivity contribution in [3.63, 3.8) is 0 Å². The molecule has 1 aliphatic carbocycles. The molecule has 1 aliphatic heterocycles. The van der Waals surface area contributed by atoms with E-state index in [0.29, 0.717) is 48.3 Å². The highest BCUT2D eigenvalue weighted by atomic mass is 32.1. The lowest BCUT2D eigenvalue weighted by Crippen LogP contribution is -2.55. The molecule has 0 spiro atoms. The van der Waals surface area contributed by atoms with Crippen LogP contribution >= 0.6 is 11.3 Å². The van der Waals surface area contributed by atoms with Gasteiger partial charge in [-0.25, -0.2) is 9.78 Å². The summed E-state index contributed by atoms with van der Waals surface area (Å²) in [7, 11) is 0. The number of nitrogens with zero attached hydrogens (tertiary/aromatic N) is 3. The number of anilines is 1. The number of aryl methyl sites for hydroxylation is 1. The Balaban J connectivity index is 1.22. The van der Waals surface area contributed by atoms with Gasteiger partial charge in [-0.3, -0.25) is 14.9 Å². The highest BCUT2D eigenvalue weighted by Crippen LogP contribution is 2.20. The van der Waals surface area contributed by atoms with Crippen molar-refractivity contribution in [1.29, 1.82) is 0 Å². The molecule has 0 aromatic carbocycles. The molecule has 0 atom stereocenters. The topological polar surface area (TPSA) is 108 Å². The number of piperazine rings is 1. The Morgan fingerprint density at radius 2 is 1.84 bits per heavy atom. The van der Waals surface area contributed by atoms with E-state index < -0.39 is 0 Å². The van der Waals surface area contributed by atoms with Gasteiger partial charge >= 0.3 is 6.03 Å². The van der Waals surface area contributed by atoms with Crippen LogP contribution < -0.4 is 10.6 Å².